The Kier molecular flexibility index (Phi) is 3.46. The lowest BCUT2D eigenvalue weighted by molar-refractivity contribution is 0.224. The molecular formula is C9H12OS. The van der Waals surface area contributed by atoms with Gasteiger partial charge in [-0.25, -0.2) is 0 Å². The molecule has 1 nitrogen and oxygen atoms in total. The van der Waals surface area contributed by atoms with Crippen LogP contribution in [0.15, 0.2) is 34.8 Å². The van der Waals surface area contributed by atoms with Gasteiger partial charge in [0.25, 0.3) is 0 Å². The molecule has 11 heavy (non-hydrogen) atoms. The summed E-state index contributed by atoms with van der Waals surface area (Å²) in [4.78, 5) is 0.996. The Morgan fingerprint density at radius 3 is 3.09 bits per heavy atom. The molecule has 0 heterocycles. The molecule has 0 N–H and O–H groups in total. The van der Waals surface area contributed by atoms with Crippen LogP contribution in [0, 0.1) is 0 Å². The molecule has 1 rings (SSSR count). The van der Waals surface area contributed by atoms with Gasteiger partial charge < -0.3 is 4.74 Å². The fourth-order valence-corrected chi connectivity index (χ4v) is 1.13. The van der Waals surface area contributed by atoms with E-state index in [9.17, 15) is 0 Å². The summed E-state index contributed by atoms with van der Waals surface area (Å²) in [6.45, 7) is 0.710. The molecule has 0 aromatic carbocycles. The van der Waals surface area contributed by atoms with Gasteiger partial charge in [-0.1, -0.05) is 18.2 Å². The van der Waals surface area contributed by atoms with Crippen LogP contribution in [0.3, 0.4) is 0 Å². The largest absolute Gasteiger partial charge is 0.380 e. The van der Waals surface area contributed by atoms with Gasteiger partial charge in [0.05, 0.1) is 6.61 Å². The van der Waals surface area contributed by atoms with E-state index in [-0.39, 0.29) is 0 Å². The first-order valence-electron chi connectivity index (χ1n) is 3.57. The number of allylic oxidation sites excluding steroid dienone is 4. The first-order valence-corrected chi connectivity index (χ1v) is 4.02. The van der Waals surface area contributed by atoms with Crippen molar-refractivity contribution < 1.29 is 4.74 Å². The highest BCUT2D eigenvalue weighted by Gasteiger charge is 1.95. The summed E-state index contributed by atoms with van der Waals surface area (Å²) in [5.74, 6) is 0. The van der Waals surface area contributed by atoms with Crippen LogP contribution in [0.1, 0.15) is 6.42 Å². The van der Waals surface area contributed by atoms with Crippen molar-refractivity contribution in [1.29, 1.82) is 0 Å². The van der Waals surface area contributed by atoms with Crippen molar-refractivity contribution in [3.63, 3.8) is 0 Å². The minimum Gasteiger partial charge on any atom is -0.380 e. The summed E-state index contributed by atoms with van der Waals surface area (Å²) in [5.41, 5.74) is 1.28. The van der Waals surface area contributed by atoms with Gasteiger partial charge in [0.15, 0.2) is 0 Å². The van der Waals surface area contributed by atoms with Crippen molar-refractivity contribution in [2.24, 2.45) is 0 Å². The van der Waals surface area contributed by atoms with Gasteiger partial charge in [-0.05, 0) is 18.1 Å². The summed E-state index contributed by atoms with van der Waals surface area (Å²) in [6.07, 6.45) is 9.11. The normalized spacial score (nSPS) is 17.3. The Balaban J connectivity index is 2.62. The minimum atomic E-state index is 0.710. The van der Waals surface area contributed by atoms with Gasteiger partial charge in [-0.2, -0.15) is 0 Å². The van der Waals surface area contributed by atoms with E-state index in [4.69, 9.17) is 4.74 Å². The lowest BCUT2D eigenvalue weighted by Crippen LogP contribution is -1.91. The zero-order valence-corrected chi connectivity index (χ0v) is 7.47. The molecule has 0 atom stereocenters. The van der Waals surface area contributed by atoms with E-state index in [2.05, 4.69) is 24.8 Å². The Bertz CT molecular complexity index is 214. The smallest absolute Gasteiger partial charge is 0.0679 e. The van der Waals surface area contributed by atoms with E-state index in [0.717, 1.165) is 11.3 Å². The Morgan fingerprint density at radius 2 is 2.36 bits per heavy atom. The van der Waals surface area contributed by atoms with Crippen LogP contribution in [-0.4, -0.2) is 13.7 Å². The van der Waals surface area contributed by atoms with E-state index in [1.54, 1.807) is 7.11 Å². The minimum absolute atomic E-state index is 0.710. The van der Waals surface area contributed by atoms with E-state index < -0.39 is 0 Å². The van der Waals surface area contributed by atoms with Gasteiger partial charge in [0.2, 0.25) is 0 Å². The molecule has 0 bridgehead atoms. The molecule has 2 heteroatoms. The van der Waals surface area contributed by atoms with Crippen LogP contribution in [0.5, 0.6) is 0 Å². The lowest BCUT2D eigenvalue weighted by Gasteiger charge is -1.99. The van der Waals surface area contributed by atoms with Crippen LogP contribution in [-0.2, 0) is 4.74 Å². The molecule has 1 aliphatic carbocycles. The summed E-state index contributed by atoms with van der Waals surface area (Å²) in [6, 6.07) is 0. The second-order valence-corrected chi connectivity index (χ2v) is 2.97. The average molecular weight is 168 g/mol. The molecular weight excluding hydrogens is 156 g/mol. The summed E-state index contributed by atoms with van der Waals surface area (Å²) >= 11 is 4.23. The highest BCUT2D eigenvalue weighted by Crippen LogP contribution is 2.13. The van der Waals surface area contributed by atoms with Crippen molar-refractivity contribution in [3.8, 4) is 0 Å². The highest BCUT2D eigenvalue weighted by molar-refractivity contribution is 7.84. The second-order valence-electron chi connectivity index (χ2n) is 2.46. The van der Waals surface area contributed by atoms with Crippen molar-refractivity contribution in [2.45, 2.75) is 6.42 Å². The van der Waals surface area contributed by atoms with Crippen LogP contribution in [0.25, 0.3) is 0 Å². The fraction of sp³-hybridized carbons (Fsp3) is 0.333. The third-order valence-electron chi connectivity index (χ3n) is 1.49. The molecule has 0 saturated carbocycles. The lowest BCUT2D eigenvalue weighted by atomic mass is 10.2. The first kappa shape index (κ1) is 8.62. The summed E-state index contributed by atoms with van der Waals surface area (Å²) in [5, 5.41) is 0. The molecule has 0 fully saturated rings. The quantitative estimate of drug-likeness (QED) is 0.623. The van der Waals surface area contributed by atoms with Crippen molar-refractivity contribution in [2.75, 3.05) is 13.7 Å². The molecule has 0 aliphatic heterocycles. The summed E-state index contributed by atoms with van der Waals surface area (Å²) in [7, 11) is 1.71. The monoisotopic (exact) mass is 168 g/mol. The Morgan fingerprint density at radius 1 is 1.55 bits per heavy atom. The average Bonchev–Trinajstić information content (AvgIpc) is 2.17. The Labute approximate surface area is 72.9 Å². The van der Waals surface area contributed by atoms with E-state index in [1.165, 1.54) is 5.57 Å². The molecule has 0 aromatic heterocycles. The molecule has 0 amide bonds. The predicted octanol–water partition coefficient (Wildman–Crippen LogP) is 2.33. The molecule has 60 valence electrons. The van der Waals surface area contributed by atoms with Gasteiger partial charge in [0, 0.05) is 12.0 Å². The standard InChI is InChI=1S/C9H12OS/c1-10-7-8-3-2-4-9(11)6-5-8/h2,4-6,11H,3,7H2,1H3. The molecule has 0 unspecified atom stereocenters. The molecule has 0 spiro atoms. The van der Waals surface area contributed by atoms with Crippen LogP contribution >= 0.6 is 12.6 Å². The fourth-order valence-electron chi connectivity index (χ4n) is 0.950. The Hall–Kier alpha value is -0.470. The van der Waals surface area contributed by atoms with E-state index in [1.807, 2.05) is 12.2 Å². The van der Waals surface area contributed by atoms with E-state index >= 15 is 0 Å². The van der Waals surface area contributed by atoms with Crippen LogP contribution < -0.4 is 0 Å². The third-order valence-corrected chi connectivity index (χ3v) is 1.79. The van der Waals surface area contributed by atoms with Crippen molar-refractivity contribution >= 4 is 12.6 Å². The molecule has 0 saturated heterocycles. The zero-order valence-electron chi connectivity index (χ0n) is 6.58. The number of rotatable bonds is 2. The maximum absolute atomic E-state index is 5.02. The maximum Gasteiger partial charge on any atom is 0.0679 e. The molecule has 0 aromatic rings. The number of thiol groups is 1. The van der Waals surface area contributed by atoms with Crippen LogP contribution in [0.2, 0.25) is 0 Å². The maximum atomic E-state index is 5.02. The van der Waals surface area contributed by atoms with Gasteiger partial charge in [-0.15, -0.1) is 12.6 Å². The number of hydrogen-bond donors (Lipinski definition) is 1. The van der Waals surface area contributed by atoms with Gasteiger partial charge in [0.1, 0.15) is 0 Å². The number of hydrogen-bond acceptors (Lipinski definition) is 2. The van der Waals surface area contributed by atoms with Crippen molar-refractivity contribution in [1.82, 2.24) is 0 Å². The molecule has 1 aliphatic rings. The van der Waals surface area contributed by atoms with Crippen molar-refractivity contribution in [3.05, 3.63) is 34.8 Å². The van der Waals surface area contributed by atoms with E-state index in [0.29, 0.717) is 6.61 Å². The topological polar surface area (TPSA) is 9.23 Å². The second kappa shape index (κ2) is 4.42. The first-order chi connectivity index (χ1) is 5.33. The van der Waals surface area contributed by atoms with Crippen LogP contribution in [0.4, 0.5) is 0 Å². The molecule has 0 radical (unpaired) electrons. The predicted molar refractivity (Wildman–Crippen MR) is 50.8 cm³/mol. The third kappa shape index (κ3) is 2.95. The number of ether oxygens (including phenoxy) is 1. The van der Waals surface area contributed by atoms with Gasteiger partial charge >= 0.3 is 0 Å². The SMILES string of the molecule is COCC1=CC=C(S)C=CC1. The van der Waals surface area contributed by atoms with Gasteiger partial charge in [-0.3, -0.25) is 0 Å². The number of methoxy groups -OCH3 is 1. The zero-order chi connectivity index (χ0) is 8.10. The summed E-state index contributed by atoms with van der Waals surface area (Å²) < 4.78 is 5.02. The highest BCUT2D eigenvalue weighted by atomic mass is 32.1.